The summed E-state index contributed by atoms with van der Waals surface area (Å²) in [5.41, 5.74) is 2.92. The van der Waals surface area contributed by atoms with Gasteiger partial charge in [0.15, 0.2) is 0 Å². The normalized spacial score (nSPS) is 12.9. The molecule has 2 N–H and O–H groups in total. The Hall–Kier alpha value is -1.76. The summed E-state index contributed by atoms with van der Waals surface area (Å²) in [7, 11) is -1.93. The maximum absolute atomic E-state index is 12.4. The van der Waals surface area contributed by atoms with E-state index in [1.807, 2.05) is 30.3 Å². The van der Waals surface area contributed by atoms with Gasteiger partial charge in [-0.05, 0) is 47.9 Å². The van der Waals surface area contributed by atoms with Crippen LogP contribution in [0.1, 0.15) is 11.1 Å². The number of methoxy groups -OCH3 is 1. The summed E-state index contributed by atoms with van der Waals surface area (Å²) < 4.78 is 32.6. The molecule has 23 heavy (non-hydrogen) atoms. The van der Waals surface area contributed by atoms with Crippen molar-refractivity contribution in [2.24, 2.45) is 0 Å². The Morgan fingerprint density at radius 2 is 2.04 bits per heavy atom. The molecule has 7 heteroatoms. The van der Waals surface area contributed by atoms with Crippen LogP contribution in [0.5, 0.6) is 5.75 Å². The number of hydrogen-bond donors (Lipinski definition) is 2. The van der Waals surface area contributed by atoms with Gasteiger partial charge in [-0.1, -0.05) is 12.1 Å². The lowest BCUT2D eigenvalue weighted by Crippen LogP contribution is -2.23. The molecule has 1 aliphatic heterocycles. The quantitative estimate of drug-likeness (QED) is 0.866. The molecule has 1 heterocycles. The third kappa shape index (κ3) is 3.96. The van der Waals surface area contributed by atoms with Crippen molar-refractivity contribution in [2.45, 2.75) is 17.9 Å². The molecule has 0 saturated carbocycles. The number of ether oxygens (including phenoxy) is 1. The molecule has 2 aromatic carbocycles. The Kier molecular flexibility index (Phi) is 5.51. The topological polar surface area (TPSA) is 67.4 Å². The van der Waals surface area contributed by atoms with E-state index in [2.05, 4.69) is 10.0 Å². The largest absolute Gasteiger partial charge is 0.497 e. The summed E-state index contributed by atoms with van der Waals surface area (Å²) in [6.07, 6.45) is 0.856. The zero-order chi connectivity index (χ0) is 15.6. The van der Waals surface area contributed by atoms with Gasteiger partial charge in [0.1, 0.15) is 5.75 Å². The summed E-state index contributed by atoms with van der Waals surface area (Å²) in [5.74, 6) is 0.709. The van der Waals surface area contributed by atoms with Gasteiger partial charge >= 0.3 is 0 Å². The number of hydrogen-bond acceptors (Lipinski definition) is 4. The van der Waals surface area contributed by atoms with Crippen LogP contribution < -0.4 is 14.8 Å². The lowest BCUT2D eigenvalue weighted by atomic mass is 10.2. The van der Waals surface area contributed by atoms with Crippen molar-refractivity contribution in [3.63, 3.8) is 0 Å². The number of nitrogens with one attached hydrogen (secondary N) is 2. The summed E-state index contributed by atoms with van der Waals surface area (Å²) in [4.78, 5) is 0.304. The zero-order valence-electron chi connectivity index (χ0n) is 12.7. The first kappa shape index (κ1) is 17.6. The van der Waals surface area contributed by atoms with Crippen molar-refractivity contribution in [1.82, 2.24) is 4.72 Å². The summed E-state index contributed by atoms with van der Waals surface area (Å²) in [5, 5.41) is 3.22. The van der Waals surface area contributed by atoms with Crippen LogP contribution in [-0.2, 0) is 23.0 Å². The number of fused-ring (bicyclic) bond motifs is 1. The van der Waals surface area contributed by atoms with Gasteiger partial charge in [0.25, 0.3) is 0 Å². The van der Waals surface area contributed by atoms with E-state index in [0.717, 1.165) is 29.8 Å². The minimum absolute atomic E-state index is 0. The Morgan fingerprint density at radius 3 is 2.83 bits per heavy atom. The molecule has 0 atom stereocenters. The monoisotopic (exact) mass is 354 g/mol. The second kappa shape index (κ2) is 7.21. The van der Waals surface area contributed by atoms with Crippen LogP contribution in [0.25, 0.3) is 0 Å². The first-order valence-electron chi connectivity index (χ1n) is 7.08. The lowest BCUT2D eigenvalue weighted by Gasteiger charge is -2.09. The molecular weight excluding hydrogens is 336 g/mol. The van der Waals surface area contributed by atoms with Gasteiger partial charge in [0, 0.05) is 18.8 Å². The van der Waals surface area contributed by atoms with Crippen molar-refractivity contribution in [2.75, 3.05) is 19.0 Å². The molecule has 0 fully saturated rings. The van der Waals surface area contributed by atoms with Crippen molar-refractivity contribution in [1.29, 1.82) is 0 Å². The fraction of sp³-hybridized carbons (Fsp3) is 0.250. The third-order valence-corrected chi connectivity index (χ3v) is 5.10. The maximum atomic E-state index is 12.4. The molecule has 0 radical (unpaired) electrons. The molecule has 0 saturated heterocycles. The van der Waals surface area contributed by atoms with E-state index in [9.17, 15) is 8.42 Å². The Balaban J connectivity index is 0.00000192. The Bertz CT molecular complexity index is 794. The number of halogens is 1. The van der Waals surface area contributed by atoms with E-state index in [0.29, 0.717) is 10.6 Å². The van der Waals surface area contributed by atoms with Crippen LogP contribution >= 0.6 is 12.4 Å². The molecule has 124 valence electrons. The van der Waals surface area contributed by atoms with Crippen LogP contribution in [0, 0.1) is 0 Å². The molecule has 5 nitrogen and oxygen atoms in total. The fourth-order valence-corrected chi connectivity index (χ4v) is 3.56. The molecule has 0 unspecified atom stereocenters. The molecule has 2 aromatic rings. The van der Waals surface area contributed by atoms with E-state index in [1.54, 1.807) is 19.2 Å². The maximum Gasteiger partial charge on any atom is 0.240 e. The highest BCUT2D eigenvalue weighted by Gasteiger charge is 2.18. The van der Waals surface area contributed by atoms with Crippen molar-refractivity contribution < 1.29 is 13.2 Å². The zero-order valence-corrected chi connectivity index (χ0v) is 14.3. The average Bonchev–Trinajstić information content (AvgIpc) is 3.01. The number of anilines is 1. The average molecular weight is 355 g/mol. The third-order valence-electron chi connectivity index (χ3n) is 3.70. The SMILES string of the molecule is COc1cccc(CNS(=O)(=O)c2ccc3c(c2)CCN3)c1.Cl. The van der Waals surface area contributed by atoms with Crippen LogP contribution in [-0.4, -0.2) is 22.1 Å². The number of rotatable bonds is 5. The highest BCUT2D eigenvalue weighted by Crippen LogP contribution is 2.25. The van der Waals surface area contributed by atoms with Crippen molar-refractivity contribution in [3.05, 3.63) is 53.6 Å². The fourth-order valence-electron chi connectivity index (χ4n) is 2.49. The Morgan fingerprint density at radius 1 is 1.22 bits per heavy atom. The molecule has 0 aliphatic carbocycles. The molecule has 0 aromatic heterocycles. The Labute approximate surface area is 142 Å². The first-order chi connectivity index (χ1) is 10.6. The highest BCUT2D eigenvalue weighted by molar-refractivity contribution is 7.89. The van der Waals surface area contributed by atoms with E-state index in [1.165, 1.54) is 0 Å². The summed E-state index contributed by atoms with van der Waals surface area (Å²) >= 11 is 0. The molecule has 0 bridgehead atoms. The summed E-state index contributed by atoms with van der Waals surface area (Å²) in [6, 6.07) is 12.5. The molecule has 3 rings (SSSR count). The van der Waals surface area contributed by atoms with Gasteiger partial charge in [-0.15, -0.1) is 12.4 Å². The van der Waals surface area contributed by atoms with Gasteiger partial charge in [-0.25, -0.2) is 13.1 Å². The minimum Gasteiger partial charge on any atom is -0.497 e. The number of sulfonamides is 1. The number of benzene rings is 2. The van der Waals surface area contributed by atoms with E-state index in [-0.39, 0.29) is 19.0 Å². The molecule has 1 aliphatic rings. The lowest BCUT2D eigenvalue weighted by molar-refractivity contribution is 0.414. The highest BCUT2D eigenvalue weighted by atomic mass is 35.5. The van der Waals surface area contributed by atoms with E-state index in [4.69, 9.17) is 4.74 Å². The van der Waals surface area contributed by atoms with Crippen LogP contribution in [0.3, 0.4) is 0 Å². The van der Waals surface area contributed by atoms with E-state index < -0.39 is 10.0 Å². The van der Waals surface area contributed by atoms with Crippen molar-refractivity contribution >= 4 is 28.1 Å². The van der Waals surface area contributed by atoms with E-state index >= 15 is 0 Å². The molecular formula is C16H19ClN2O3S. The van der Waals surface area contributed by atoms with Crippen LogP contribution in [0.2, 0.25) is 0 Å². The predicted molar refractivity (Wildman–Crippen MR) is 92.9 cm³/mol. The van der Waals surface area contributed by atoms with Crippen LogP contribution in [0.4, 0.5) is 5.69 Å². The molecule has 0 amide bonds. The van der Waals surface area contributed by atoms with Gasteiger partial charge in [0.2, 0.25) is 10.0 Å². The second-order valence-corrected chi connectivity index (χ2v) is 6.94. The van der Waals surface area contributed by atoms with Crippen LogP contribution in [0.15, 0.2) is 47.4 Å². The van der Waals surface area contributed by atoms with Gasteiger partial charge < -0.3 is 10.1 Å². The molecule has 0 spiro atoms. The van der Waals surface area contributed by atoms with Gasteiger partial charge in [-0.2, -0.15) is 0 Å². The van der Waals surface area contributed by atoms with Crippen molar-refractivity contribution in [3.8, 4) is 5.75 Å². The summed E-state index contributed by atoms with van der Waals surface area (Å²) in [6.45, 7) is 1.09. The standard InChI is InChI=1S/C16H18N2O3S.ClH/c1-21-14-4-2-3-12(9-14)11-18-22(19,20)15-5-6-16-13(10-15)7-8-17-16;/h2-6,9-10,17-18H,7-8,11H2,1H3;1H. The smallest absolute Gasteiger partial charge is 0.240 e. The minimum atomic E-state index is -3.52. The predicted octanol–water partition coefficient (Wildman–Crippen LogP) is 2.56. The second-order valence-electron chi connectivity index (χ2n) is 5.17. The first-order valence-corrected chi connectivity index (χ1v) is 8.56. The van der Waals surface area contributed by atoms with Gasteiger partial charge in [-0.3, -0.25) is 0 Å². The van der Waals surface area contributed by atoms with Gasteiger partial charge in [0.05, 0.1) is 12.0 Å².